The molecule has 172 valence electrons. The second kappa shape index (κ2) is 9.34. The van der Waals surface area contributed by atoms with Gasteiger partial charge in [-0.2, -0.15) is 0 Å². The average molecular weight is 487 g/mol. The molecule has 1 amide bonds. The molecule has 0 radical (unpaired) electrons. The van der Waals surface area contributed by atoms with Gasteiger partial charge in [0, 0.05) is 6.54 Å². The molecule has 1 fully saturated rings. The number of nitrogens with one attached hydrogen (secondary N) is 2. The molecule has 2 N–H and O–H groups in total. The van der Waals surface area contributed by atoms with Crippen LogP contribution in [0.3, 0.4) is 0 Å². The van der Waals surface area contributed by atoms with Crippen LogP contribution in [0.2, 0.25) is 0 Å². The summed E-state index contributed by atoms with van der Waals surface area (Å²) in [5, 5.41) is -0.897. The van der Waals surface area contributed by atoms with E-state index in [0.29, 0.717) is 23.5 Å². The van der Waals surface area contributed by atoms with E-state index in [1.54, 1.807) is 36.4 Å². The van der Waals surface area contributed by atoms with Gasteiger partial charge in [-0.3, -0.25) is 9.52 Å². The highest BCUT2D eigenvalue weighted by Gasteiger charge is 2.37. The van der Waals surface area contributed by atoms with E-state index in [1.165, 1.54) is 12.1 Å². The van der Waals surface area contributed by atoms with Crippen LogP contribution in [0.4, 0.5) is 0 Å². The highest BCUT2D eigenvalue weighted by atomic mass is 32.2. The van der Waals surface area contributed by atoms with Gasteiger partial charge in [0.1, 0.15) is 16.7 Å². The summed E-state index contributed by atoms with van der Waals surface area (Å²) in [6.07, 6.45) is 0.319. The zero-order valence-corrected chi connectivity index (χ0v) is 19.1. The summed E-state index contributed by atoms with van der Waals surface area (Å²) in [5.74, 6) is 0.671. The van der Waals surface area contributed by atoms with Crippen molar-refractivity contribution < 1.29 is 26.4 Å². The molecule has 3 aromatic rings. The average Bonchev–Trinajstić information content (AvgIpc) is 3.07. The molecule has 0 spiro atoms. The molecule has 0 aliphatic carbocycles. The Morgan fingerprint density at radius 3 is 2.15 bits per heavy atom. The van der Waals surface area contributed by atoms with Crippen molar-refractivity contribution in [1.29, 1.82) is 0 Å². The maximum atomic E-state index is 12.6. The van der Waals surface area contributed by atoms with Crippen molar-refractivity contribution >= 4 is 26.0 Å². The monoisotopic (exact) mass is 486 g/mol. The smallest absolute Gasteiger partial charge is 0.242 e. The summed E-state index contributed by atoms with van der Waals surface area (Å²) in [5.41, 5.74) is 1.36. The fourth-order valence-corrected chi connectivity index (χ4v) is 5.93. The zero-order chi connectivity index (χ0) is 23.5. The molecule has 8 nitrogen and oxygen atoms in total. The van der Waals surface area contributed by atoms with Crippen molar-refractivity contribution in [2.45, 2.75) is 23.0 Å². The summed E-state index contributed by atoms with van der Waals surface area (Å²) < 4.78 is 59.3. The van der Waals surface area contributed by atoms with Crippen LogP contribution < -0.4 is 14.2 Å². The van der Waals surface area contributed by atoms with Crippen molar-refractivity contribution in [3.63, 3.8) is 0 Å². The number of amides is 1. The van der Waals surface area contributed by atoms with Crippen LogP contribution in [0.25, 0.3) is 0 Å². The molecular formula is C23H22N2O6S2. The Bertz CT molecular complexity index is 1340. The third-order valence-electron chi connectivity index (χ3n) is 5.17. The van der Waals surface area contributed by atoms with E-state index in [9.17, 15) is 21.6 Å². The predicted molar refractivity (Wildman–Crippen MR) is 123 cm³/mol. The lowest BCUT2D eigenvalue weighted by atomic mass is 10.1. The lowest BCUT2D eigenvalue weighted by molar-refractivity contribution is -0.118. The molecule has 4 rings (SSSR count). The Morgan fingerprint density at radius 1 is 0.909 bits per heavy atom. The van der Waals surface area contributed by atoms with E-state index in [2.05, 4.69) is 4.72 Å². The van der Waals surface area contributed by atoms with Crippen molar-refractivity contribution in [2.75, 3.05) is 6.54 Å². The van der Waals surface area contributed by atoms with Crippen LogP contribution in [0.15, 0.2) is 83.8 Å². The third-order valence-corrected chi connectivity index (χ3v) is 8.35. The quantitative estimate of drug-likeness (QED) is 0.505. The van der Waals surface area contributed by atoms with Gasteiger partial charge in [0.15, 0.2) is 0 Å². The number of ether oxygens (including phenoxy) is 1. The number of sulfonamides is 2. The van der Waals surface area contributed by atoms with Gasteiger partial charge < -0.3 is 4.74 Å². The molecule has 0 bridgehead atoms. The Kier molecular flexibility index (Phi) is 6.50. The summed E-state index contributed by atoms with van der Waals surface area (Å²) in [7, 11) is -7.38. The lowest BCUT2D eigenvalue weighted by Crippen LogP contribution is -2.26. The highest BCUT2D eigenvalue weighted by molar-refractivity contribution is 7.90. The molecule has 1 unspecified atom stereocenters. The Labute approximate surface area is 192 Å². The van der Waals surface area contributed by atoms with Gasteiger partial charge in [0.25, 0.3) is 0 Å². The number of para-hydroxylation sites is 1. The SMILES string of the molecule is O=C1CC(c2ccc(CCNS(=O)(=O)c3ccc(Oc4ccccc4)cc3)cc2)S(=O)(=O)N1. The largest absolute Gasteiger partial charge is 0.457 e. The molecule has 0 aromatic heterocycles. The standard InChI is InChI=1S/C23H22N2O6S2/c26-23-16-22(33(29,30)25-23)18-8-6-17(7-9-18)14-15-24-32(27,28)21-12-10-20(11-13-21)31-19-4-2-1-3-5-19/h1-13,22,24H,14-16H2,(H,25,26). The number of hydrogen-bond acceptors (Lipinski definition) is 6. The van der Waals surface area contributed by atoms with Gasteiger partial charge in [-0.15, -0.1) is 0 Å². The van der Waals surface area contributed by atoms with Crippen LogP contribution in [0.5, 0.6) is 11.5 Å². The minimum absolute atomic E-state index is 0.101. The van der Waals surface area contributed by atoms with Crippen LogP contribution in [-0.4, -0.2) is 29.3 Å². The highest BCUT2D eigenvalue weighted by Crippen LogP contribution is 2.30. The number of benzene rings is 3. The van der Waals surface area contributed by atoms with Crippen LogP contribution in [0.1, 0.15) is 22.8 Å². The van der Waals surface area contributed by atoms with Gasteiger partial charge in [-0.1, -0.05) is 42.5 Å². The fourth-order valence-electron chi connectivity index (χ4n) is 3.47. The first-order valence-corrected chi connectivity index (χ1v) is 13.2. The number of carbonyl (C=O) groups excluding carboxylic acids is 1. The second-order valence-electron chi connectivity index (χ2n) is 7.54. The molecule has 0 saturated carbocycles. The molecule has 10 heteroatoms. The zero-order valence-electron chi connectivity index (χ0n) is 17.5. The molecule has 1 aliphatic rings. The number of rotatable bonds is 8. The first-order chi connectivity index (χ1) is 15.7. The molecule has 1 aliphatic heterocycles. The normalized spacial score (nSPS) is 17.5. The molecule has 1 heterocycles. The molecule has 3 aromatic carbocycles. The summed E-state index contributed by atoms with van der Waals surface area (Å²) in [4.78, 5) is 11.5. The van der Waals surface area contributed by atoms with Crippen molar-refractivity contribution in [3.8, 4) is 11.5 Å². The Morgan fingerprint density at radius 2 is 1.55 bits per heavy atom. The van der Waals surface area contributed by atoms with Gasteiger partial charge in [0.05, 0.1) is 11.3 Å². The number of hydrogen-bond donors (Lipinski definition) is 2. The van der Waals surface area contributed by atoms with Gasteiger partial charge in [-0.05, 0) is 53.9 Å². The molecular weight excluding hydrogens is 464 g/mol. The van der Waals surface area contributed by atoms with Gasteiger partial charge in [-0.25, -0.2) is 21.6 Å². The van der Waals surface area contributed by atoms with Crippen molar-refractivity contribution in [2.24, 2.45) is 0 Å². The summed E-state index contributed by atoms with van der Waals surface area (Å²) >= 11 is 0. The maximum absolute atomic E-state index is 12.6. The number of carbonyl (C=O) groups is 1. The topological polar surface area (TPSA) is 119 Å². The van der Waals surface area contributed by atoms with E-state index in [4.69, 9.17) is 4.74 Å². The first kappa shape index (κ1) is 23.0. The molecule has 1 atom stereocenters. The molecule has 1 saturated heterocycles. The second-order valence-corrected chi connectivity index (χ2v) is 11.2. The van der Waals surface area contributed by atoms with Crippen molar-refractivity contribution in [3.05, 3.63) is 90.0 Å². The van der Waals surface area contributed by atoms with Crippen LogP contribution in [0, 0.1) is 0 Å². The van der Waals surface area contributed by atoms with E-state index in [0.717, 1.165) is 5.56 Å². The van der Waals surface area contributed by atoms with Gasteiger partial charge >= 0.3 is 0 Å². The fraction of sp³-hybridized carbons (Fsp3) is 0.174. The predicted octanol–water partition coefficient (Wildman–Crippen LogP) is 2.89. The first-order valence-electron chi connectivity index (χ1n) is 10.2. The Balaban J connectivity index is 1.33. The lowest BCUT2D eigenvalue weighted by Gasteiger charge is -2.10. The minimum Gasteiger partial charge on any atom is -0.457 e. The summed E-state index contributed by atoms with van der Waals surface area (Å²) in [6, 6.07) is 22.1. The van der Waals surface area contributed by atoms with E-state index in [1.807, 2.05) is 35.1 Å². The van der Waals surface area contributed by atoms with Gasteiger partial charge in [0.2, 0.25) is 26.0 Å². The van der Waals surface area contributed by atoms with Crippen LogP contribution in [-0.2, 0) is 31.3 Å². The summed E-state index contributed by atoms with van der Waals surface area (Å²) in [6.45, 7) is 0.172. The Hall–Kier alpha value is -3.21. The van der Waals surface area contributed by atoms with E-state index in [-0.39, 0.29) is 17.9 Å². The maximum Gasteiger partial charge on any atom is 0.242 e. The third kappa shape index (κ3) is 5.59. The molecule has 33 heavy (non-hydrogen) atoms. The minimum atomic E-state index is -3.69. The van der Waals surface area contributed by atoms with E-state index >= 15 is 0 Å². The van der Waals surface area contributed by atoms with E-state index < -0.39 is 31.2 Å². The van der Waals surface area contributed by atoms with Crippen LogP contribution >= 0.6 is 0 Å². The van der Waals surface area contributed by atoms with Crippen molar-refractivity contribution in [1.82, 2.24) is 9.44 Å².